The van der Waals surface area contributed by atoms with Crippen LogP contribution in [-0.2, 0) is 0 Å². The van der Waals surface area contributed by atoms with E-state index >= 15 is 0 Å². The Kier molecular flexibility index (Phi) is 6.42. The highest BCUT2D eigenvalue weighted by molar-refractivity contribution is 5.50. The van der Waals surface area contributed by atoms with E-state index in [1.807, 2.05) is 36.4 Å². The van der Waals surface area contributed by atoms with Crippen LogP contribution >= 0.6 is 0 Å². The standard InChI is InChI=1S/C18H22N2O2/c1-2-3-4-10-15-22-18-14-9-8-13-17(18)19-20(21)16-11-6-5-7-12-16/h5-9,11-14H,2-4,10,15H2,1H3. The van der Waals surface area contributed by atoms with Crippen molar-refractivity contribution < 1.29 is 9.60 Å². The van der Waals surface area contributed by atoms with E-state index < -0.39 is 0 Å². The fourth-order valence-corrected chi connectivity index (χ4v) is 2.08. The molecule has 0 unspecified atom stereocenters. The molecule has 0 aliphatic carbocycles. The smallest absolute Gasteiger partial charge is 0.244 e. The molecule has 0 saturated carbocycles. The molecule has 4 heteroatoms. The molecule has 0 amide bonds. The van der Waals surface area contributed by atoms with Crippen molar-refractivity contribution in [1.29, 1.82) is 0 Å². The lowest BCUT2D eigenvalue weighted by atomic mass is 10.2. The van der Waals surface area contributed by atoms with Gasteiger partial charge in [0.1, 0.15) is 0 Å². The Balaban J connectivity index is 2.05. The Bertz CT molecular complexity index is 597. The monoisotopic (exact) mass is 298 g/mol. The third-order valence-corrected chi connectivity index (χ3v) is 3.30. The van der Waals surface area contributed by atoms with E-state index in [-0.39, 0.29) is 0 Å². The van der Waals surface area contributed by atoms with Crippen molar-refractivity contribution in [2.75, 3.05) is 6.61 Å². The Morgan fingerprint density at radius 1 is 0.955 bits per heavy atom. The quantitative estimate of drug-likeness (QED) is 0.277. The summed E-state index contributed by atoms with van der Waals surface area (Å²) in [5.74, 6) is 0.649. The largest absolute Gasteiger partial charge is 0.594 e. The van der Waals surface area contributed by atoms with E-state index in [9.17, 15) is 5.21 Å². The Morgan fingerprint density at radius 2 is 1.68 bits per heavy atom. The summed E-state index contributed by atoms with van der Waals surface area (Å²) in [6.45, 7) is 2.83. The van der Waals surface area contributed by atoms with Crippen molar-refractivity contribution in [2.45, 2.75) is 32.6 Å². The average molecular weight is 298 g/mol. The summed E-state index contributed by atoms with van der Waals surface area (Å²) in [4.78, 5) is 0.624. The third kappa shape index (κ3) is 4.88. The van der Waals surface area contributed by atoms with Gasteiger partial charge in [0.2, 0.25) is 5.69 Å². The van der Waals surface area contributed by atoms with E-state index in [4.69, 9.17) is 4.74 Å². The number of benzene rings is 2. The van der Waals surface area contributed by atoms with Crippen LogP contribution < -0.4 is 4.74 Å². The van der Waals surface area contributed by atoms with Gasteiger partial charge < -0.3 is 9.94 Å². The molecule has 0 aliphatic heterocycles. The fraction of sp³-hybridized carbons (Fsp3) is 0.333. The second kappa shape index (κ2) is 8.82. The molecule has 0 bridgehead atoms. The minimum Gasteiger partial charge on any atom is -0.594 e. The van der Waals surface area contributed by atoms with Gasteiger partial charge in [0.15, 0.2) is 11.4 Å². The summed E-state index contributed by atoms with van der Waals surface area (Å²) < 4.78 is 5.76. The zero-order valence-electron chi connectivity index (χ0n) is 12.9. The van der Waals surface area contributed by atoms with Crippen molar-refractivity contribution in [3.05, 3.63) is 59.8 Å². The van der Waals surface area contributed by atoms with Gasteiger partial charge in [-0.2, -0.15) is 0 Å². The Labute approximate surface area is 131 Å². The molecule has 0 aliphatic rings. The minimum absolute atomic E-state index is 0.500. The van der Waals surface area contributed by atoms with Gasteiger partial charge in [-0.05, 0) is 23.4 Å². The van der Waals surface area contributed by atoms with Crippen LogP contribution in [0, 0.1) is 5.21 Å². The van der Waals surface area contributed by atoms with Gasteiger partial charge in [-0.25, -0.2) is 0 Å². The summed E-state index contributed by atoms with van der Waals surface area (Å²) in [5.41, 5.74) is 1.05. The van der Waals surface area contributed by atoms with Crippen LogP contribution in [0.1, 0.15) is 32.6 Å². The summed E-state index contributed by atoms with van der Waals surface area (Å²) in [6.07, 6.45) is 4.60. The highest BCUT2D eigenvalue weighted by atomic mass is 16.5. The molecule has 22 heavy (non-hydrogen) atoms. The number of hydrogen-bond acceptors (Lipinski definition) is 3. The van der Waals surface area contributed by atoms with Gasteiger partial charge in [-0.3, -0.25) is 0 Å². The van der Waals surface area contributed by atoms with Crippen LogP contribution in [0.5, 0.6) is 5.75 Å². The first kappa shape index (κ1) is 16.0. The van der Waals surface area contributed by atoms with E-state index in [1.165, 1.54) is 12.8 Å². The summed E-state index contributed by atoms with van der Waals surface area (Å²) in [5, 5.41) is 16.2. The van der Waals surface area contributed by atoms with Gasteiger partial charge in [0.05, 0.1) is 6.61 Å². The first-order valence-corrected chi connectivity index (χ1v) is 7.77. The zero-order chi connectivity index (χ0) is 15.6. The maximum absolute atomic E-state index is 12.1. The van der Waals surface area contributed by atoms with Gasteiger partial charge in [-0.1, -0.05) is 56.5 Å². The fourth-order valence-electron chi connectivity index (χ4n) is 2.08. The normalized spacial score (nSPS) is 11.4. The number of nitrogens with zero attached hydrogens (tertiary/aromatic N) is 2. The summed E-state index contributed by atoms with van der Waals surface area (Å²) in [7, 11) is 0. The molecule has 0 atom stereocenters. The van der Waals surface area contributed by atoms with E-state index in [0.717, 1.165) is 12.8 Å². The highest BCUT2D eigenvalue weighted by Gasteiger charge is 2.07. The maximum atomic E-state index is 12.1. The molecule has 0 N–H and O–H groups in total. The van der Waals surface area contributed by atoms with Gasteiger partial charge in [-0.15, -0.1) is 0 Å². The van der Waals surface area contributed by atoms with E-state index in [2.05, 4.69) is 12.0 Å². The molecule has 0 spiro atoms. The van der Waals surface area contributed by atoms with Gasteiger partial charge >= 0.3 is 0 Å². The molecule has 2 aromatic carbocycles. The molecule has 2 aromatic rings. The number of para-hydroxylation sites is 2. The molecule has 0 aromatic heterocycles. The van der Waals surface area contributed by atoms with Gasteiger partial charge in [0, 0.05) is 17.2 Å². The van der Waals surface area contributed by atoms with Crippen molar-refractivity contribution in [3.8, 4) is 5.75 Å². The van der Waals surface area contributed by atoms with Crippen LogP contribution in [0.4, 0.5) is 11.4 Å². The molecule has 0 heterocycles. The maximum Gasteiger partial charge on any atom is 0.244 e. The second-order valence-corrected chi connectivity index (χ2v) is 5.09. The first-order valence-electron chi connectivity index (χ1n) is 7.77. The predicted octanol–water partition coefficient (Wildman–Crippen LogP) is 5.57. The topological polar surface area (TPSA) is 47.7 Å². The molecule has 0 fully saturated rings. The lowest BCUT2D eigenvalue weighted by Gasteiger charge is -2.07. The average Bonchev–Trinajstić information content (AvgIpc) is 2.57. The van der Waals surface area contributed by atoms with Crippen LogP contribution in [0.15, 0.2) is 59.7 Å². The Morgan fingerprint density at radius 3 is 2.45 bits per heavy atom. The van der Waals surface area contributed by atoms with Crippen LogP contribution in [0.2, 0.25) is 0 Å². The molecule has 0 saturated heterocycles. The van der Waals surface area contributed by atoms with Crippen molar-refractivity contribution in [3.63, 3.8) is 0 Å². The van der Waals surface area contributed by atoms with Crippen molar-refractivity contribution >= 4 is 11.4 Å². The number of unbranched alkanes of at least 4 members (excludes halogenated alkanes) is 3. The SMILES string of the molecule is CCCCCCOc1ccccc1N=[N+]([O-])c1ccccc1. The van der Waals surface area contributed by atoms with Crippen molar-refractivity contribution in [2.24, 2.45) is 5.11 Å². The zero-order valence-corrected chi connectivity index (χ0v) is 12.9. The number of hydrogen-bond donors (Lipinski definition) is 0. The lowest BCUT2D eigenvalue weighted by Crippen LogP contribution is -1.98. The number of ether oxygens (including phenoxy) is 1. The summed E-state index contributed by atoms with van der Waals surface area (Å²) >= 11 is 0. The van der Waals surface area contributed by atoms with Crippen LogP contribution in [0.25, 0.3) is 0 Å². The predicted molar refractivity (Wildman–Crippen MR) is 87.9 cm³/mol. The molecule has 2 rings (SSSR count). The van der Waals surface area contributed by atoms with E-state index in [1.54, 1.807) is 18.2 Å². The Hall–Kier alpha value is -2.36. The minimum atomic E-state index is 0.500. The van der Waals surface area contributed by atoms with Crippen molar-refractivity contribution in [1.82, 2.24) is 0 Å². The molecular weight excluding hydrogens is 276 g/mol. The number of rotatable bonds is 8. The molecular formula is C18H22N2O2. The molecule has 0 radical (unpaired) electrons. The van der Waals surface area contributed by atoms with Crippen LogP contribution in [-0.4, -0.2) is 11.5 Å². The van der Waals surface area contributed by atoms with Gasteiger partial charge in [0.25, 0.3) is 0 Å². The molecule has 116 valence electrons. The third-order valence-electron chi connectivity index (χ3n) is 3.30. The first-order chi connectivity index (χ1) is 10.8. The van der Waals surface area contributed by atoms with Crippen LogP contribution in [0.3, 0.4) is 0 Å². The van der Waals surface area contributed by atoms with E-state index in [0.29, 0.717) is 28.6 Å². The lowest BCUT2D eigenvalue weighted by molar-refractivity contribution is -0.435. The summed E-state index contributed by atoms with van der Waals surface area (Å²) in [6, 6.07) is 16.3. The number of azo groups is 1. The second-order valence-electron chi connectivity index (χ2n) is 5.09. The highest BCUT2D eigenvalue weighted by Crippen LogP contribution is 2.28. The molecule has 4 nitrogen and oxygen atoms in total.